The van der Waals surface area contributed by atoms with Crippen LogP contribution in [0.2, 0.25) is 0 Å². The Kier molecular flexibility index (Phi) is 4.07. The highest BCUT2D eigenvalue weighted by molar-refractivity contribution is 5.88. The molecule has 0 saturated carbocycles. The zero-order valence-electron chi connectivity index (χ0n) is 14.0. The van der Waals surface area contributed by atoms with E-state index in [-0.39, 0.29) is 6.03 Å². The molecule has 7 nitrogen and oxygen atoms in total. The van der Waals surface area contributed by atoms with Crippen LogP contribution in [0.4, 0.5) is 10.7 Å². The first-order valence-electron chi connectivity index (χ1n) is 8.20. The van der Waals surface area contributed by atoms with Gasteiger partial charge in [0.1, 0.15) is 0 Å². The highest BCUT2D eigenvalue weighted by Crippen LogP contribution is 2.19. The van der Waals surface area contributed by atoms with Crippen molar-refractivity contribution in [2.24, 2.45) is 0 Å². The van der Waals surface area contributed by atoms with Gasteiger partial charge >= 0.3 is 6.03 Å². The number of nitrogens with one attached hydrogen (secondary N) is 2. The second kappa shape index (κ2) is 6.52. The minimum absolute atomic E-state index is 0.246. The number of anilines is 1. The molecule has 0 atom stereocenters. The number of hydrogen-bond donors (Lipinski definition) is 2. The smallest absolute Gasteiger partial charge is 0.324 e. The van der Waals surface area contributed by atoms with E-state index in [2.05, 4.69) is 20.3 Å². The van der Waals surface area contributed by atoms with Gasteiger partial charge in [0.15, 0.2) is 0 Å². The molecular formula is C18H19N5O2. The molecule has 128 valence electrons. The molecule has 7 heteroatoms. The van der Waals surface area contributed by atoms with Crippen LogP contribution in [-0.4, -0.2) is 39.5 Å². The fourth-order valence-electron chi connectivity index (χ4n) is 2.99. The van der Waals surface area contributed by atoms with E-state index in [1.807, 2.05) is 30.5 Å². The molecule has 0 spiro atoms. The third-order valence-corrected chi connectivity index (χ3v) is 4.37. The van der Waals surface area contributed by atoms with Crippen molar-refractivity contribution in [3.8, 4) is 0 Å². The zero-order valence-corrected chi connectivity index (χ0v) is 14.0. The summed E-state index contributed by atoms with van der Waals surface area (Å²) in [4.78, 5) is 25.9. The zero-order chi connectivity index (χ0) is 17.2. The molecule has 1 aliphatic rings. The lowest BCUT2D eigenvalue weighted by Gasteiger charge is -2.19. The number of amides is 2. The third-order valence-electron chi connectivity index (χ3n) is 4.37. The van der Waals surface area contributed by atoms with E-state index < -0.39 is 0 Å². The van der Waals surface area contributed by atoms with Crippen LogP contribution < -0.4 is 5.32 Å². The Bertz CT molecular complexity index is 921. The van der Waals surface area contributed by atoms with Gasteiger partial charge in [0, 0.05) is 36.9 Å². The van der Waals surface area contributed by atoms with Crippen molar-refractivity contribution in [2.45, 2.75) is 19.6 Å². The number of aromatic amines is 1. The third kappa shape index (κ3) is 3.18. The van der Waals surface area contributed by atoms with E-state index in [1.165, 1.54) is 0 Å². The normalized spacial score (nSPS) is 13.5. The molecule has 4 rings (SSSR count). The van der Waals surface area contributed by atoms with Crippen molar-refractivity contribution in [1.82, 2.24) is 19.9 Å². The molecule has 1 aliphatic heterocycles. The minimum Gasteiger partial charge on any atom is -0.375 e. The van der Waals surface area contributed by atoms with Crippen LogP contribution in [0.1, 0.15) is 16.8 Å². The Hall–Kier alpha value is -2.93. The Labute approximate surface area is 145 Å². The summed E-state index contributed by atoms with van der Waals surface area (Å²) >= 11 is 0. The van der Waals surface area contributed by atoms with Gasteiger partial charge in [-0.3, -0.25) is 5.32 Å². The lowest BCUT2D eigenvalue weighted by atomic mass is 10.1. The maximum absolute atomic E-state index is 12.5. The maximum atomic E-state index is 12.5. The first-order valence-corrected chi connectivity index (χ1v) is 8.20. The molecule has 1 aromatic carbocycles. The van der Waals surface area contributed by atoms with Crippen molar-refractivity contribution < 1.29 is 9.53 Å². The molecule has 3 heterocycles. The first-order chi connectivity index (χ1) is 12.2. The number of hydrogen-bond acceptors (Lipinski definition) is 4. The van der Waals surface area contributed by atoms with Crippen molar-refractivity contribution in [3.63, 3.8) is 0 Å². The van der Waals surface area contributed by atoms with Crippen LogP contribution in [-0.2, 0) is 24.3 Å². The summed E-state index contributed by atoms with van der Waals surface area (Å²) in [5.74, 6) is 0.306. The van der Waals surface area contributed by atoms with E-state index in [9.17, 15) is 4.79 Å². The van der Waals surface area contributed by atoms with Gasteiger partial charge in [-0.25, -0.2) is 14.8 Å². The van der Waals surface area contributed by atoms with Crippen LogP contribution in [0.25, 0.3) is 10.9 Å². The van der Waals surface area contributed by atoms with E-state index >= 15 is 0 Å². The minimum atomic E-state index is -0.246. The highest BCUT2D eigenvalue weighted by Gasteiger charge is 2.16. The summed E-state index contributed by atoms with van der Waals surface area (Å²) in [6.07, 6.45) is 4.47. The van der Waals surface area contributed by atoms with Crippen LogP contribution >= 0.6 is 0 Å². The highest BCUT2D eigenvalue weighted by atomic mass is 16.5. The van der Waals surface area contributed by atoms with Crippen LogP contribution in [0.15, 0.2) is 36.7 Å². The number of nitrogens with zero attached hydrogens (tertiary/aromatic N) is 3. The van der Waals surface area contributed by atoms with Crippen molar-refractivity contribution in [1.29, 1.82) is 0 Å². The molecule has 0 unspecified atom stereocenters. The second-order valence-electron chi connectivity index (χ2n) is 6.11. The van der Waals surface area contributed by atoms with Gasteiger partial charge in [0.25, 0.3) is 0 Å². The number of ether oxygens (including phenoxy) is 1. The number of carbonyl (C=O) groups is 1. The number of benzene rings is 1. The number of aromatic nitrogens is 3. The Morgan fingerprint density at radius 2 is 2.32 bits per heavy atom. The predicted octanol–water partition coefficient (Wildman–Crippen LogP) is 2.69. The second-order valence-corrected chi connectivity index (χ2v) is 6.11. The number of rotatable bonds is 3. The van der Waals surface area contributed by atoms with Crippen LogP contribution in [0.5, 0.6) is 0 Å². The molecule has 0 fully saturated rings. The molecule has 0 aliphatic carbocycles. The van der Waals surface area contributed by atoms with Gasteiger partial charge in [0.05, 0.1) is 18.9 Å². The molecule has 2 aromatic heterocycles. The lowest BCUT2D eigenvalue weighted by Crippen LogP contribution is -2.31. The van der Waals surface area contributed by atoms with E-state index in [4.69, 9.17) is 4.74 Å². The SMILES string of the molecule is CN(Cc1cccc2[nH]ccc12)C(=O)Nc1ncc2c(n1)COCC2. The van der Waals surface area contributed by atoms with Crippen molar-refractivity contribution >= 4 is 22.9 Å². The average Bonchev–Trinajstić information content (AvgIpc) is 3.11. The number of carbonyl (C=O) groups excluding carboxylic acids is 1. The Morgan fingerprint density at radius 3 is 3.24 bits per heavy atom. The number of fused-ring (bicyclic) bond motifs is 2. The quantitative estimate of drug-likeness (QED) is 0.770. The lowest BCUT2D eigenvalue weighted by molar-refractivity contribution is 0.107. The summed E-state index contributed by atoms with van der Waals surface area (Å²) in [5.41, 5.74) is 4.06. The summed E-state index contributed by atoms with van der Waals surface area (Å²) in [7, 11) is 1.75. The topological polar surface area (TPSA) is 83.1 Å². The van der Waals surface area contributed by atoms with Gasteiger partial charge in [-0.1, -0.05) is 12.1 Å². The molecule has 0 radical (unpaired) electrons. The van der Waals surface area contributed by atoms with Crippen LogP contribution in [0, 0.1) is 0 Å². The molecule has 2 N–H and O–H groups in total. The van der Waals surface area contributed by atoms with Crippen LogP contribution in [0.3, 0.4) is 0 Å². The summed E-state index contributed by atoms with van der Waals surface area (Å²) < 4.78 is 5.40. The fourth-order valence-corrected chi connectivity index (χ4v) is 2.99. The van der Waals surface area contributed by atoms with E-state index in [1.54, 1.807) is 18.1 Å². The summed E-state index contributed by atoms with van der Waals surface area (Å²) in [6, 6.07) is 7.79. The average molecular weight is 337 g/mol. The molecular weight excluding hydrogens is 318 g/mol. The summed E-state index contributed by atoms with van der Waals surface area (Å²) in [6.45, 7) is 1.65. The maximum Gasteiger partial charge on any atom is 0.324 e. The largest absolute Gasteiger partial charge is 0.375 e. The van der Waals surface area contributed by atoms with Gasteiger partial charge in [-0.2, -0.15) is 0 Å². The number of H-pyrrole nitrogens is 1. The number of urea groups is 1. The Balaban J connectivity index is 1.46. The first kappa shape index (κ1) is 15.6. The molecule has 2 amide bonds. The molecule has 0 bridgehead atoms. The molecule has 25 heavy (non-hydrogen) atoms. The van der Waals surface area contributed by atoms with Crippen molar-refractivity contribution in [3.05, 3.63) is 53.5 Å². The van der Waals surface area contributed by atoms with Gasteiger partial charge < -0.3 is 14.6 Å². The molecule has 0 saturated heterocycles. The monoisotopic (exact) mass is 337 g/mol. The van der Waals surface area contributed by atoms with Gasteiger partial charge in [-0.15, -0.1) is 0 Å². The molecule has 3 aromatic rings. The predicted molar refractivity (Wildman–Crippen MR) is 94.2 cm³/mol. The fraction of sp³-hybridized carbons (Fsp3) is 0.278. The standard InChI is InChI=1S/C18H19N5O2/c1-23(10-13-3-2-4-15-14(13)5-7-19-15)18(24)22-17-20-9-12-6-8-25-11-16(12)21-17/h2-5,7,9,19H,6,8,10-11H2,1H3,(H,20,21,22,24). The van der Waals surface area contributed by atoms with E-state index in [0.29, 0.717) is 25.7 Å². The van der Waals surface area contributed by atoms with Crippen molar-refractivity contribution in [2.75, 3.05) is 19.0 Å². The van der Waals surface area contributed by atoms with E-state index in [0.717, 1.165) is 34.1 Å². The summed E-state index contributed by atoms with van der Waals surface area (Å²) in [5, 5.41) is 3.87. The van der Waals surface area contributed by atoms with Gasteiger partial charge in [-0.05, 0) is 29.7 Å². The van der Waals surface area contributed by atoms with Gasteiger partial charge in [0.2, 0.25) is 5.95 Å². The Morgan fingerprint density at radius 1 is 1.40 bits per heavy atom.